The van der Waals surface area contributed by atoms with Crippen molar-refractivity contribution in [2.45, 2.75) is 19.4 Å². The summed E-state index contributed by atoms with van der Waals surface area (Å²) in [5.41, 5.74) is 6.06. The molecule has 2 aromatic heterocycles. The molecule has 30 heavy (non-hydrogen) atoms. The number of aryl methyl sites for hydroxylation is 1. The number of aromatic amines is 2. The van der Waals surface area contributed by atoms with Crippen molar-refractivity contribution in [3.8, 4) is 17.0 Å². The molecule has 3 heterocycles. The zero-order chi connectivity index (χ0) is 20.7. The number of nitrogens with zero attached hydrogens (tertiary/aromatic N) is 3. The first-order valence-electron chi connectivity index (χ1n) is 9.81. The lowest BCUT2D eigenvalue weighted by atomic mass is 9.90. The first-order valence-corrected chi connectivity index (χ1v) is 9.81. The number of H-pyrrole nitrogens is 2. The van der Waals surface area contributed by atoms with E-state index in [0.29, 0.717) is 18.8 Å². The maximum Gasteiger partial charge on any atom is 0.272 e. The van der Waals surface area contributed by atoms with Gasteiger partial charge in [-0.3, -0.25) is 9.89 Å². The normalized spacial score (nSPS) is 15.8. The quantitative estimate of drug-likeness (QED) is 0.490. The van der Waals surface area contributed by atoms with Gasteiger partial charge < -0.3 is 15.0 Å². The number of imidazole rings is 1. The first-order chi connectivity index (χ1) is 14.6. The predicted octanol–water partition coefficient (Wildman–Crippen LogP) is 3.60. The van der Waals surface area contributed by atoms with E-state index in [1.54, 1.807) is 35.5 Å². The minimum absolute atomic E-state index is 0.115. The SMILES string of the molecule is Cc1ccc(-c2cc(C(=O)N3Cc4[nH]cnc4C(c4cccc(O)c4)C3)[nH]n2)cc1. The number of hydrogen-bond acceptors (Lipinski definition) is 4. The molecule has 7 heteroatoms. The molecule has 1 aliphatic heterocycles. The van der Waals surface area contributed by atoms with E-state index in [2.05, 4.69) is 20.2 Å². The topological polar surface area (TPSA) is 97.9 Å². The highest BCUT2D eigenvalue weighted by molar-refractivity contribution is 5.93. The van der Waals surface area contributed by atoms with E-state index in [1.165, 1.54) is 5.56 Å². The fourth-order valence-corrected chi connectivity index (χ4v) is 3.95. The van der Waals surface area contributed by atoms with E-state index in [4.69, 9.17) is 0 Å². The minimum atomic E-state index is -0.119. The maximum absolute atomic E-state index is 13.2. The van der Waals surface area contributed by atoms with Gasteiger partial charge in [-0.05, 0) is 30.7 Å². The van der Waals surface area contributed by atoms with Crippen molar-refractivity contribution in [3.63, 3.8) is 0 Å². The number of aromatic hydroxyl groups is 1. The number of amides is 1. The Kier molecular flexibility index (Phi) is 4.35. The van der Waals surface area contributed by atoms with E-state index < -0.39 is 0 Å². The van der Waals surface area contributed by atoms with Crippen molar-refractivity contribution in [3.05, 3.63) is 89.1 Å². The Balaban J connectivity index is 1.43. The van der Waals surface area contributed by atoms with Crippen LogP contribution in [-0.4, -0.2) is 42.6 Å². The van der Waals surface area contributed by atoms with Crippen molar-refractivity contribution in [2.75, 3.05) is 6.54 Å². The Morgan fingerprint density at radius 1 is 1.17 bits per heavy atom. The van der Waals surface area contributed by atoms with Crippen molar-refractivity contribution in [1.82, 2.24) is 25.1 Å². The van der Waals surface area contributed by atoms with Crippen LogP contribution in [0.3, 0.4) is 0 Å². The third kappa shape index (κ3) is 3.24. The van der Waals surface area contributed by atoms with E-state index >= 15 is 0 Å². The Morgan fingerprint density at radius 3 is 2.80 bits per heavy atom. The molecule has 5 rings (SSSR count). The number of phenols is 1. The molecule has 3 N–H and O–H groups in total. The summed E-state index contributed by atoms with van der Waals surface area (Å²) >= 11 is 0. The van der Waals surface area contributed by atoms with Crippen LogP contribution in [0.1, 0.15) is 38.9 Å². The molecule has 150 valence electrons. The summed E-state index contributed by atoms with van der Waals surface area (Å²) in [5.74, 6) is -0.0360. The number of nitrogens with one attached hydrogen (secondary N) is 2. The fourth-order valence-electron chi connectivity index (χ4n) is 3.95. The van der Waals surface area contributed by atoms with Crippen LogP contribution in [0, 0.1) is 6.92 Å². The van der Waals surface area contributed by atoms with Crippen LogP contribution in [0.4, 0.5) is 0 Å². The number of phenolic OH excluding ortho intramolecular Hbond substituents is 1. The van der Waals surface area contributed by atoms with Gasteiger partial charge in [0.05, 0.1) is 30.0 Å². The summed E-state index contributed by atoms with van der Waals surface area (Å²) < 4.78 is 0. The van der Waals surface area contributed by atoms with Gasteiger partial charge in [-0.15, -0.1) is 0 Å². The standard InChI is InChI=1S/C23H21N5O2/c1-14-5-7-15(8-6-14)19-10-20(27-26-19)23(30)28-11-18(16-3-2-4-17(29)9-16)22-21(12-28)24-13-25-22/h2-10,13,18,29H,11-12H2,1H3,(H,24,25)(H,26,27). The van der Waals surface area contributed by atoms with Gasteiger partial charge in [0.25, 0.3) is 5.91 Å². The summed E-state index contributed by atoms with van der Waals surface area (Å²) in [7, 11) is 0. The first kappa shape index (κ1) is 18.2. The van der Waals surface area contributed by atoms with Gasteiger partial charge in [-0.1, -0.05) is 42.0 Å². The lowest BCUT2D eigenvalue weighted by molar-refractivity contribution is 0.0716. The van der Waals surface area contributed by atoms with Crippen LogP contribution in [-0.2, 0) is 6.54 Å². The van der Waals surface area contributed by atoms with Crippen LogP contribution >= 0.6 is 0 Å². The van der Waals surface area contributed by atoms with Crippen LogP contribution in [0.25, 0.3) is 11.3 Å². The second-order valence-electron chi connectivity index (χ2n) is 7.63. The average Bonchev–Trinajstić information content (AvgIpc) is 3.43. The summed E-state index contributed by atoms with van der Waals surface area (Å²) in [6, 6.07) is 16.9. The lowest BCUT2D eigenvalue weighted by Gasteiger charge is -2.32. The molecule has 0 aliphatic carbocycles. The van der Waals surface area contributed by atoms with Crippen LogP contribution in [0.5, 0.6) is 5.75 Å². The van der Waals surface area contributed by atoms with Crippen molar-refractivity contribution in [1.29, 1.82) is 0 Å². The molecule has 4 aromatic rings. The van der Waals surface area contributed by atoms with E-state index in [1.807, 2.05) is 37.3 Å². The summed E-state index contributed by atoms with van der Waals surface area (Å²) in [4.78, 5) is 22.6. The maximum atomic E-state index is 13.2. The molecule has 0 saturated carbocycles. The van der Waals surface area contributed by atoms with Crippen LogP contribution in [0.15, 0.2) is 60.9 Å². The van der Waals surface area contributed by atoms with Crippen molar-refractivity contribution >= 4 is 5.91 Å². The smallest absolute Gasteiger partial charge is 0.272 e. The number of fused-ring (bicyclic) bond motifs is 1. The highest BCUT2D eigenvalue weighted by Crippen LogP contribution is 2.33. The number of benzene rings is 2. The second kappa shape index (κ2) is 7.18. The Labute approximate surface area is 173 Å². The van der Waals surface area contributed by atoms with Gasteiger partial charge in [0.15, 0.2) is 0 Å². The zero-order valence-electron chi connectivity index (χ0n) is 16.5. The number of rotatable bonds is 3. The van der Waals surface area contributed by atoms with Crippen LogP contribution < -0.4 is 0 Å². The molecule has 0 radical (unpaired) electrons. The van der Waals surface area contributed by atoms with Gasteiger partial charge in [-0.2, -0.15) is 5.10 Å². The molecule has 0 fully saturated rings. The zero-order valence-corrected chi connectivity index (χ0v) is 16.5. The van der Waals surface area contributed by atoms with Crippen molar-refractivity contribution < 1.29 is 9.90 Å². The van der Waals surface area contributed by atoms with E-state index in [-0.39, 0.29) is 17.6 Å². The van der Waals surface area contributed by atoms with E-state index in [9.17, 15) is 9.90 Å². The Morgan fingerprint density at radius 2 is 2.00 bits per heavy atom. The van der Waals surface area contributed by atoms with E-state index in [0.717, 1.165) is 28.2 Å². The highest BCUT2D eigenvalue weighted by Gasteiger charge is 2.32. The molecular formula is C23H21N5O2. The largest absolute Gasteiger partial charge is 0.508 e. The molecule has 1 unspecified atom stereocenters. The van der Waals surface area contributed by atoms with Gasteiger partial charge in [0.2, 0.25) is 0 Å². The Bertz CT molecular complexity index is 1210. The highest BCUT2D eigenvalue weighted by atomic mass is 16.3. The van der Waals surface area contributed by atoms with Gasteiger partial charge in [0.1, 0.15) is 11.4 Å². The number of aromatic nitrogens is 4. The molecule has 0 bridgehead atoms. The predicted molar refractivity (Wildman–Crippen MR) is 112 cm³/mol. The Hall–Kier alpha value is -3.87. The minimum Gasteiger partial charge on any atom is -0.508 e. The molecule has 0 saturated heterocycles. The molecule has 1 atom stereocenters. The molecular weight excluding hydrogens is 378 g/mol. The third-order valence-corrected chi connectivity index (χ3v) is 5.55. The molecule has 1 amide bonds. The molecule has 2 aromatic carbocycles. The van der Waals surface area contributed by atoms with Gasteiger partial charge in [-0.25, -0.2) is 4.98 Å². The monoisotopic (exact) mass is 399 g/mol. The molecule has 7 nitrogen and oxygen atoms in total. The van der Waals surface area contributed by atoms with Crippen LogP contribution in [0.2, 0.25) is 0 Å². The van der Waals surface area contributed by atoms with Crippen molar-refractivity contribution in [2.24, 2.45) is 0 Å². The number of carbonyl (C=O) groups excluding carboxylic acids is 1. The molecule has 1 aliphatic rings. The number of carbonyl (C=O) groups is 1. The fraction of sp³-hybridized carbons (Fsp3) is 0.174. The second-order valence-corrected chi connectivity index (χ2v) is 7.63. The number of hydrogen-bond donors (Lipinski definition) is 3. The summed E-state index contributed by atoms with van der Waals surface area (Å²) in [5, 5.41) is 17.1. The average molecular weight is 399 g/mol. The summed E-state index contributed by atoms with van der Waals surface area (Å²) in [6.07, 6.45) is 1.65. The summed E-state index contributed by atoms with van der Waals surface area (Å²) in [6.45, 7) is 2.95. The van der Waals surface area contributed by atoms with Gasteiger partial charge >= 0.3 is 0 Å². The lowest BCUT2D eigenvalue weighted by Crippen LogP contribution is -2.39. The molecule has 0 spiro atoms. The third-order valence-electron chi connectivity index (χ3n) is 5.55. The van der Waals surface area contributed by atoms with Gasteiger partial charge in [0, 0.05) is 18.0 Å².